The number of halogens is 1. The molecule has 10 heteroatoms. The molecule has 110 valence electrons. The highest BCUT2D eigenvalue weighted by atomic mass is 79.9. The van der Waals surface area contributed by atoms with Gasteiger partial charge in [-0.05, 0) is 28.1 Å². The zero-order valence-corrected chi connectivity index (χ0v) is 14.0. The van der Waals surface area contributed by atoms with Gasteiger partial charge in [-0.15, -0.1) is 16.4 Å². The molecule has 0 fully saturated rings. The van der Waals surface area contributed by atoms with E-state index in [2.05, 4.69) is 35.9 Å². The van der Waals surface area contributed by atoms with Crippen LogP contribution in [0.5, 0.6) is 0 Å². The van der Waals surface area contributed by atoms with Crippen LogP contribution in [-0.4, -0.2) is 28.4 Å². The Morgan fingerprint density at radius 2 is 2.14 bits per heavy atom. The van der Waals surface area contributed by atoms with Gasteiger partial charge in [-0.25, -0.2) is 22.8 Å². The van der Waals surface area contributed by atoms with Crippen LogP contribution in [0.15, 0.2) is 33.9 Å². The van der Waals surface area contributed by atoms with Crippen molar-refractivity contribution in [2.75, 3.05) is 0 Å². The number of aryl methyl sites for hydroxylation is 1. The van der Waals surface area contributed by atoms with E-state index in [1.165, 1.54) is 23.1 Å². The van der Waals surface area contributed by atoms with Gasteiger partial charge in [0.15, 0.2) is 4.60 Å². The molecule has 0 unspecified atom stereocenters. The van der Waals surface area contributed by atoms with Crippen molar-refractivity contribution in [2.24, 2.45) is 7.05 Å². The van der Waals surface area contributed by atoms with Crippen LogP contribution in [0.1, 0.15) is 5.01 Å². The number of nitrogens with one attached hydrogen (secondary N) is 1. The van der Waals surface area contributed by atoms with Crippen LogP contribution in [0.3, 0.4) is 0 Å². The van der Waals surface area contributed by atoms with Gasteiger partial charge in [-0.1, -0.05) is 17.3 Å². The summed E-state index contributed by atoms with van der Waals surface area (Å²) in [5.41, 5.74) is 0.861. The third-order valence-electron chi connectivity index (χ3n) is 2.74. The average Bonchev–Trinajstić information content (AvgIpc) is 3.00. The lowest BCUT2D eigenvalue weighted by Crippen LogP contribution is -2.25. The summed E-state index contributed by atoms with van der Waals surface area (Å²) in [4.78, 5) is 4.38. The molecule has 3 rings (SSSR count). The second-order valence-electron chi connectivity index (χ2n) is 4.21. The largest absolute Gasteiger partial charge is 0.260 e. The second-order valence-corrected chi connectivity index (χ2v) is 7.76. The second kappa shape index (κ2) is 5.44. The topological polar surface area (TPSA) is 89.8 Å². The van der Waals surface area contributed by atoms with Gasteiger partial charge < -0.3 is 0 Å². The summed E-state index contributed by atoms with van der Waals surface area (Å²) in [6, 6.07) is 7.67. The Labute approximate surface area is 133 Å². The number of fused-ring (bicyclic) bond motifs is 1. The Morgan fingerprint density at radius 1 is 1.38 bits per heavy atom. The first-order valence-corrected chi connectivity index (χ1v) is 8.96. The Morgan fingerprint density at radius 3 is 2.81 bits per heavy atom. The van der Waals surface area contributed by atoms with E-state index in [9.17, 15) is 8.42 Å². The van der Waals surface area contributed by atoms with Crippen molar-refractivity contribution in [3.63, 3.8) is 0 Å². The summed E-state index contributed by atoms with van der Waals surface area (Å²) in [6.07, 6.45) is 0. The molecule has 0 bridgehead atoms. The lowest BCUT2D eigenvalue weighted by atomic mass is 10.3. The maximum absolute atomic E-state index is 12.3. The smallest absolute Gasteiger partial charge is 0.240 e. The first-order chi connectivity index (χ1) is 9.97. The Kier molecular flexibility index (Phi) is 3.78. The maximum atomic E-state index is 12.3. The number of benzene rings is 1. The number of nitrogens with zero attached hydrogens (tertiary/aromatic N) is 4. The van der Waals surface area contributed by atoms with E-state index in [1.807, 2.05) is 24.3 Å². The fraction of sp³-hybridized carbons (Fsp3) is 0.182. The van der Waals surface area contributed by atoms with Gasteiger partial charge in [-0.3, -0.25) is 0 Å². The molecule has 21 heavy (non-hydrogen) atoms. The number of hydrogen-bond donors (Lipinski definition) is 1. The standard InChI is InChI=1S/C11H10BrN5O2S2/c1-17-11(10(12)15-16-17)21(18,19)13-6-9-14-7-4-2-3-5-8(7)20-9/h2-5,13H,6H2,1H3. The van der Waals surface area contributed by atoms with Gasteiger partial charge in [0, 0.05) is 7.05 Å². The summed E-state index contributed by atoms with van der Waals surface area (Å²) in [5.74, 6) is 0. The number of hydrogen-bond acceptors (Lipinski definition) is 6. The lowest BCUT2D eigenvalue weighted by Gasteiger charge is -2.04. The SMILES string of the molecule is Cn1nnc(Br)c1S(=O)(=O)NCc1nc2ccccc2s1. The van der Waals surface area contributed by atoms with Gasteiger partial charge in [0.2, 0.25) is 5.03 Å². The predicted molar refractivity (Wildman–Crippen MR) is 82.3 cm³/mol. The number of rotatable bonds is 4. The highest BCUT2D eigenvalue weighted by Crippen LogP contribution is 2.22. The quantitative estimate of drug-likeness (QED) is 0.734. The van der Waals surface area contributed by atoms with E-state index in [0.717, 1.165) is 10.2 Å². The van der Waals surface area contributed by atoms with Crippen LogP contribution in [0.25, 0.3) is 10.2 Å². The molecule has 1 N–H and O–H groups in total. The van der Waals surface area contributed by atoms with Crippen molar-refractivity contribution in [1.29, 1.82) is 0 Å². The molecule has 3 aromatic rings. The third-order valence-corrected chi connectivity index (χ3v) is 6.07. The van der Waals surface area contributed by atoms with Crippen molar-refractivity contribution in [2.45, 2.75) is 11.6 Å². The zero-order chi connectivity index (χ0) is 15.0. The number of para-hydroxylation sites is 1. The van der Waals surface area contributed by atoms with Crippen molar-refractivity contribution >= 4 is 47.5 Å². The molecule has 0 aliphatic rings. The van der Waals surface area contributed by atoms with Gasteiger partial charge in [-0.2, -0.15) is 0 Å². The Bertz CT molecular complexity index is 850. The molecular formula is C11H10BrN5O2S2. The van der Waals surface area contributed by atoms with Crippen molar-refractivity contribution < 1.29 is 8.42 Å². The fourth-order valence-corrected chi connectivity index (χ4v) is 4.90. The Balaban J connectivity index is 1.84. The van der Waals surface area contributed by atoms with Crippen LogP contribution < -0.4 is 4.72 Å². The molecule has 2 aromatic heterocycles. The molecule has 2 heterocycles. The van der Waals surface area contributed by atoms with E-state index < -0.39 is 10.0 Å². The molecule has 0 aliphatic heterocycles. The van der Waals surface area contributed by atoms with Crippen molar-refractivity contribution in [1.82, 2.24) is 24.7 Å². The van der Waals surface area contributed by atoms with Crippen LogP contribution in [0, 0.1) is 0 Å². The van der Waals surface area contributed by atoms with E-state index in [0.29, 0.717) is 5.01 Å². The summed E-state index contributed by atoms with van der Waals surface area (Å²) in [6.45, 7) is 0.124. The minimum absolute atomic E-state index is 0.0105. The molecule has 1 aromatic carbocycles. The third kappa shape index (κ3) is 2.84. The van der Waals surface area contributed by atoms with E-state index in [1.54, 1.807) is 0 Å². The molecule has 0 radical (unpaired) electrons. The Hall–Kier alpha value is -1.36. The summed E-state index contributed by atoms with van der Waals surface area (Å²) < 4.78 is 29.4. The fourth-order valence-electron chi connectivity index (χ4n) is 1.83. The van der Waals surface area contributed by atoms with E-state index >= 15 is 0 Å². The van der Waals surface area contributed by atoms with Crippen LogP contribution in [0.4, 0.5) is 0 Å². The normalized spacial score (nSPS) is 12.1. The molecule has 0 saturated heterocycles. The molecule has 0 atom stereocenters. The first-order valence-electron chi connectivity index (χ1n) is 5.86. The van der Waals surface area contributed by atoms with Crippen LogP contribution in [-0.2, 0) is 23.6 Å². The lowest BCUT2D eigenvalue weighted by molar-refractivity contribution is 0.560. The number of sulfonamides is 1. The maximum Gasteiger partial charge on any atom is 0.260 e. The molecule has 0 saturated carbocycles. The highest BCUT2D eigenvalue weighted by Gasteiger charge is 2.23. The molecule has 0 spiro atoms. The van der Waals surface area contributed by atoms with Gasteiger partial charge >= 0.3 is 0 Å². The predicted octanol–water partition coefficient (Wildman–Crippen LogP) is 1.67. The van der Waals surface area contributed by atoms with Crippen LogP contribution >= 0.6 is 27.3 Å². The number of aromatic nitrogens is 4. The van der Waals surface area contributed by atoms with E-state index in [4.69, 9.17) is 0 Å². The highest BCUT2D eigenvalue weighted by molar-refractivity contribution is 9.10. The monoisotopic (exact) mass is 387 g/mol. The van der Waals surface area contributed by atoms with Crippen molar-refractivity contribution in [3.05, 3.63) is 33.9 Å². The first kappa shape index (κ1) is 14.6. The number of thiazole rings is 1. The molecule has 0 aliphatic carbocycles. The van der Waals surface area contributed by atoms with Gasteiger partial charge in [0.25, 0.3) is 10.0 Å². The van der Waals surface area contributed by atoms with Crippen LogP contribution in [0.2, 0.25) is 0 Å². The summed E-state index contributed by atoms with van der Waals surface area (Å²) >= 11 is 4.54. The molecule has 0 amide bonds. The molecular weight excluding hydrogens is 378 g/mol. The van der Waals surface area contributed by atoms with Gasteiger partial charge in [0.1, 0.15) is 5.01 Å². The van der Waals surface area contributed by atoms with E-state index in [-0.39, 0.29) is 16.2 Å². The van der Waals surface area contributed by atoms with Gasteiger partial charge in [0.05, 0.1) is 16.8 Å². The average molecular weight is 388 g/mol. The van der Waals surface area contributed by atoms with Crippen molar-refractivity contribution in [3.8, 4) is 0 Å². The summed E-state index contributed by atoms with van der Waals surface area (Å²) in [7, 11) is -2.19. The minimum Gasteiger partial charge on any atom is -0.240 e. The zero-order valence-electron chi connectivity index (χ0n) is 10.8. The summed E-state index contributed by atoms with van der Waals surface area (Å²) in [5, 5.41) is 8.02. The minimum atomic E-state index is -3.71. The molecule has 7 nitrogen and oxygen atoms in total.